The number of halogens is 2. The molecule has 30 heavy (non-hydrogen) atoms. The van der Waals surface area contributed by atoms with Crippen LogP contribution in [-0.2, 0) is 11.3 Å². The summed E-state index contributed by atoms with van der Waals surface area (Å²) in [5.74, 6) is -0.528. The molecule has 0 aliphatic carbocycles. The minimum absolute atomic E-state index is 0.0773. The first-order valence-corrected chi connectivity index (χ1v) is 10.0. The minimum atomic E-state index is -0.528. The Morgan fingerprint density at radius 3 is 2.63 bits per heavy atom. The number of rotatable bonds is 4. The molecule has 0 bridgehead atoms. The minimum Gasteiger partial charge on any atom is -0.372 e. The number of anilines is 1. The highest BCUT2D eigenvalue weighted by atomic mass is 35.5. The summed E-state index contributed by atoms with van der Waals surface area (Å²) in [7, 11) is 0. The van der Waals surface area contributed by atoms with Crippen molar-refractivity contribution in [2.75, 3.05) is 18.0 Å². The fourth-order valence-electron chi connectivity index (χ4n) is 3.65. The van der Waals surface area contributed by atoms with E-state index in [-0.39, 0.29) is 35.0 Å². The molecule has 1 saturated heterocycles. The zero-order chi connectivity index (χ0) is 21.4. The lowest BCUT2D eigenvalue weighted by molar-refractivity contribution is -0.00525. The van der Waals surface area contributed by atoms with Crippen molar-refractivity contribution in [1.82, 2.24) is 24.8 Å². The van der Waals surface area contributed by atoms with E-state index in [0.717, 1.165) is 5.69 Å². The molecular formula is C20H22ClFN6O2. The van der Waals surface area contributed by atoms with Crippen LogP contribution < -0.4 is 10.5 Å². The normalized spacial score (nSPS) is 19.3. The Labute approximate surface area is 177 Å². The van der Waals surface area contributed by atoms with Crippen molar-refractivity contribution in [1.29, 1.82) is 0 Å². The van der Waals surface area contributed by atoms with Gasteiger partial charge in [-0.25, -0.2) is 13.8 Å². The van der Waals surface area contributed by atoms with Gasteiger partial charge in [-0.15, -0.1) is 5.10 Å². The van der Waals surface area contributed by atoms with Gasteiger partial charge in [-0.3, -0.25) is 4.79 Å². The number of nitrogens with zero attached hydrogens (tertiary/aromatic N) is 6. The molecule has 158 valence electrons. The predicted molar refractivity (Wildman–Crippen MR) is 111 cm³/mol. The van der Waals surface area contributed by atoms with Crippen LogP contribution in [0, 0.1) is 12.7 Å². The molecule has 3 aromatic rings. The summed E-state index contributed by atoms with van der Waals surface area (Å²) in [6.07, 6.45) is 1.82. The van der Waals surface area contributed by atoms with Gasteiger partial charge in [0.2, 0.25) is 0 Å². The van der Waals surface area contributed by atoms with Gasteiger partial charge in [0.05, 0.1) is 42.0 Å². The van der Waals surface area contributed by atoms with Crippen molar-refractivity contribution in [3.05, 3.63) is 63.0 Å². The third kappa shape index (κ3) is 4.08. The Hall–Kier alpha value is -2.78. The molecule has 0 amide bonds. The van der Waals surface area contributed by atoms with Gasteiger partial charge in [0.1, 0.15) is 11.5 Å². The van der Waals surface area contributed by atoms with Crippen LogP contribution in [0.5, 0.6) is 0 Å². The van der Waals surface area contributed by atoms with Crippen molar-refractivity contribution in [3.63, 3.8) is 0 Å². The van der Waals surface area contributed by atoms with Crippen molar-refractivity contribution in [3.8, 4) is 5.69 Å². The van der Waals surface area contributed by atoms with E-state index >= 15 is 0 Å². The Balaban J connectivity index is 1.63. The topological polar surface area (TPSA) is 78.1 Å². The molecule has 2 aromatic heterocycles. The summed E-state index contributed by atoms with van der Waals surface area (Å²) in [4.78, 5) is 14.8. The first-order valence-electron chi connectivity index (χ1n) is 9.66. The van der Waals surface area contributed by atoms with E-state index in [1.54, 1.807) is 25.3 Å². The van der Waals surface area contributed by atoms with Crippen LogP contribution in [-0.4, -0.2) is 50.1 Å². The molecule has 8 nitrogen and oxygen atoms in total. The van der Waals surface area contributed by atoms with Crippen LogP contribution >= 0.6 is 11.6 Å². The molecule has 0 unspecified atom stereocenters. The van der Waals surface area contributed by atoms with E-state index in [2.05, 4.69) is 20.3 Å². The Bertz CT molecular complexity index is 1120. The maximum atomic E-state index is 14.4. The van der Waals surface area contributed by atoms with E-state index in [0.29, 0.717) is 24.5 Å². The fourth-order valence-corrected chi connectivity index (χ4v) is 3.81. The van der Waals surface area contributed by atoms with Gasteiger partial charge in [-0.2, -0.15) is 5.10 Å². The largest absolute Gasteiger partial charge is 0.372 e. The third-order valence-electron chi connectivity index (χ3n) is 5.03. The molecule has 0 saturated carbocycles. The summed E-state index contributed by atoms with van der Waals surface area (Å²) < 4.78 is 22.8. The molecule has 3 heterocycles. The SMILES string of the molecule is Cc1nnn(-c2ccc(Cl)cc2F)c1Cn1ncc(N2C[C@H](C)O[C@@H](C)C2)cc1=O. The number of morpholine rings is 1. The van der Waals surface area contributed by atoms with Gasteiger partial charge in [-0.1, -0.05) is 16.8 Å². The number of hydrogen-bond donors (Lipinski definition) is 0. The molecule has 1 aliphatic heterocycles. The monoisotopic (exact) mass is 432 g/mol. The molecule has 4 rings (SSSR count). The number of aryl methyl sites for hydroxylation is 1. The number of hydrogen-bond acceptors (Lipinski definition) is 6. The van der Waals surface area contributed by atoms with Crippen LogP contribution in [0.15, 0.2) is 35.3 Å². The van der Waals surface area contributed by atoms with Crippen LogP contribution in [0.25, 0.3) is 5.69 Å². The summed E-state index contributed by atoms with van der Waals surface area (Å²) in [6, 6.07) is 5.87. The smallest absolute Gasteiger partial charge is 0.269 e. The first-order chi connectivity index (χ1) is 14.3. The second kappa shape index (κ2) is 8.16. The van der Waals surface area contributed by atoms with E-state index in [9.17, 15) is 9.18 Å². The maximum Gasteiger partial charge on any atom is 0.269 e. The van der Waals surface area contributed by atoms with E-state index < -0.39 is 5.82 Å². The lowest BCUT2D eigenvalue weighted by Gasteiger charge is -2.36. The van der Waals surface area contributed by atoms with Crippen LogP contribution in [0.1, 0.15) is 25.2 Å². The highest BCUT2D eigenvalue weighted by molar-refractivity contribution is 6.30. The lowest BCUT2D eigenvalue weighted by atomic mass is 10.2. The summed E-state index contributed by atoms with van der Waals surface area (Å²) in [5.41, 5.74) is 1.84. The zero-order valence-electron chi connectivity index (χ0n) is 16.9. The highest BCUT2D eigenvalue weighted by Gasteiger charge is 2.23. The molecule has 1 fully saturated rings. The van der Waals surface area contributed by atoms with Crippen molar-refractivity contribution >= 4 is 17.3 Å². The molecule has 0 radical (unpaired) electrons. The molecule has 1 aliphatic rings. The molecular weight excluding hydrogens is 411 g/mol. The fraction of sp³-hybridized carbons (Fsp3) is 0.400. The first kappa shape index (κ1) is 20.5. The molecule has 0 N–H and O–H groups in total. The molecule has 2 atom stereocenters. The van der Waals surface area contributed by atoms with Crippen LogP contribution in [0.2, 0.25) is 5.02 Å². The average Bonchev–Trinajstić information content (AvgIpc) is 3.03. The van der Waals surface area contributed by atoms with Gasteiger partial charge < -0.3 is 9.64 Å². The second-order valence-corrected chi connectivity index (χ2v) is 7.94. The average molecular weight is 433 g/mol. The Morgan fingerprint density at radius 1 is 1.23 bits per heavy atom. The van der Waals surface area contributed by atoms with Gasteiger partial charge >= 0.3 is 0 Å². The van der Waals surface area contributed by atoms with Crippen molar-refractivity contribution in [2.24, 2.45) is 0 Å². The quantitative estimate of drug-likeness (QED) is 0.630. The number of aromatic nitrogens is 5. The van der Waals surface area contributed by atoms with Gasteiger partial charge in [0.25, 0.3) is 5.56 Å². The predicted octanol–water partition coefficient (Wildman–Crippen LogP) is 2.59. The van der Waals surface area contributed by atoms with E-state index in [4.69, 9.17) is 16.3 Å². The Kier molecular flexibility index (Phi) is 5.57. The van der Waals surface area contributed by atoms with Gasteiger partial charge in [0, 0.05) is 24.2 Å². The van der Waals surface area contributed by atoms with Crippen LogP contribution in [0.4, 0.5) is 10.1 Å². The van der Waals surface area contributed by atoms with Gasteiger partial charge in [-0.05, 0) is 39.0 Å². The van der Waals surface area contributed by atoms with E-state index in [1.165, 1.54) is 21.5 Å². The number of ether oxygens (including phenoxy) is 1. The molecule has 1 aromatic carbocycles. The number of benzene rings is 1. The summed E-state index contributed by atoms with van der Waals surface area (Å²) in [5, 5.41) is 12.7. The highest BCUT2D eigenvalue weighted by Crippen LogP contribution is 2.21. The molecule has 10 heteroatoms. The standard InChI is InChI=1S/C20H22ClFN6O2/c1-12-9-26(10-13(2)30-12)16-7-20(29)27(23-8-16)11-19-14(3)24-25-28(19)18-5-4-15(21)6-17(18)22/h4-8,12-13H,9-11H2,1-3H3/t12-,13-/m0/s1. The van der Waals surface area contributed by atoms with Crippen molar-refractivity contribution in [2.45, 2.75) is 39.5 Å². The zero-order valence-corrected chi connectivity index (χ0v) is 17.7. The van der Waals surface area contributed by atoms with E-state index in [1.807, 2.05) is 13.8 Å². The van der Waals surface area contributed by atoms with Crippen LogP contribution in [0.3, 0.4) is 0 Å². The lowest BCUT2D eigenvalue weighted by Crippen LogP contribution is -2.46. The molecule has 0 spiro atoms. The second-order valence-electron chi connectivity index (χ2n) is 7.50. The maximum absolute atomic E-state index is 14.4. The van der Waals surface area contributed by atoms with Crippen molar-refractivity contribution < 1.29 is 9.13 Å². The Morgan fingerprint density at radius 2 is 1.97 bits per heavy atom. The summed E-state index contributed by atoms with van der Waals surface area (Å²) in [6.45, 7) is 7.26. The third-order valence-corrected chi connectivity index (χ3v) is 5.27. The van der Waals surface area contributed by atoms with Gasteiger partial charge in [0.15, 0.2) is 0 Å². The summed E-state index contributed by atoms with van der Waals surface area (Å²) >= 11 is 5.84.